The molecule has 2 atom stereocenters. The Labute approximate surface area is 133 Å². The van der Waals surface area contributed by atoms with Gasteiger partial charge in [-0.25, -0.2) is 4.79 Å². The Morgan fingerprint density at radius 1 is 1.13 bits per heavy atom. The Balaban J connectivity index is 2.02. The molecule has 1 aromatic carbocycles. The van der Waals surface area contributed by atoms with Gasteiger partial charge >= 0.3 is 11.9 Å². The summed E-state index contributed by atoms with van der Waals surface area (Å²) in [4.78, 5) is 34.1. The van der Waals surface area contributed by atoms with Gasteiger partial charge in [0, 0.05) is 11.8 Å². The van der Waals surface area contributed by atoms with Gasteiger partial charge in [-0.1, -0.05) is 18.9 Å². The Morgan fingerprint density at radius 3 is 2.48 bits per heavy atom. The van der Waals surface area contributed by atoms with E-state index in [1.54, 1.807) is 18.2 Å². The highest BCUT2D eigenvalue weighted by Crippen LogP contribution is 2.31. The molecule has 23 heavy (non-hydrogen) atoms. The first-order valence-corrected chi connectivity index (χ1v) is 7.45. The first-order valence-electron chi connectivity index (χ1n) is 7.45. The topological polar surface area (TPSA) is 113 Å². The van der Waals surface area contributed by atoms with Crippen molar-refractivity contribution in [1.29, 1.82) is 0 Å². The van der Waals surface area contributed by atoms with Crippen LogP contribution in [0.2, 0.25) is 0 Å². The monoisotopic (exact) mass is 321 g/mol. The van der Waals surface area contributed by atoms with E-state index in [2.05, 4.69) is 5.32 Å². The minimum atomic E-state index is -1.09. The Kier molecular flexibility index (Phi) is 5.56. The predicted octanol–water partition coefficient (Wildman–Crippen LogP) is 1.98. The van der Waals surface area contributed by atoms with Crippen LogP contribution in [0.3, 0.4) is 0 Å². The number of carbonyl (C=O) groups is 3. The summed E-state index contributed by atoms with van der Waals surface area (Å²) in [6, 6.07) is 6.37. The molecule has 124 valence electrons. The smallest absolute Gasteiger partial charge is 0.341 e. The molecule has 0 spiro atoms. The Hall–Kier alpha value is -2.57. The average Bonchev–Trinajstić information content (AvgIpc) is 2.53. The molecular weight excluding hydrogens is 302 g/mol. The van der Waals surface area contributed by atoms with Crippen LogP contribution in [-0.2, 0) is 14.4 Å². The summed E-state index contributed by atoms with van der Waals surface area (Å²) < 4.78 is 5.05. The maximum absolute atomic E-state index is 12.4. The number of aliphatic carboxylic acids is 2. The lowest BCUT2D eigenvalue weighted by Gasteiger charge is -2.27. The number of carboxylic acids is 2. The van der Waals surface area contributed by atoms with Crippen LogP contribution in [0.25, 0.3) is 0 Å². The van der Waals surface area contributed by atoms with Crippen LogP contribution >= 0.6 is 0 Å². The maximum Gasteiger partial charge on any atom is 0.341 e. The van der Waals surface area contributed by atoms with Crippen LogP contribution < -0.4 is 10.1 Å². The fourth-order valence-corrected chi connectivity index (χ4v) is 2.78. The highest BCUT2D eigenvalue weighted by molar-refractivity contribution is 5.95. The molecule has 7 heteroatoms. The Bertz CT molecular complexity index is 600. The summed E-state index contributed by atoms with van der Waals surface area (Å²) in [6.07, 6.45) is 2.72. The summed E-state index contributed by atoms with van der Waals surface area (Å²) in [5, 5.41) is 20.5. The van der Waals surface area contributed by atoms with Crippen LogP contribution in [0.4, 0.5) is 5.69 Å². The number of ether oxygens (including phenoxy) is 1. The summed E-state index contributed by atoms with van der Waals surface area (Å²) in [6.45, 7) is -0.471. The summed E-state index contributed by atoms with van der Waals surface area (Å²) in [5.41, 5.74) is 0.451. The lowest BCUT2D eigenvalue weighted by molar-refractivity contribution is -0.147. The van der Waals surface area contributed by atoms with E-state index < -0.39 is 30.4 Å². The highest BCUT2D eigenvalue weighted by Gasteiger charge is 2.35. The fourth-order valence-electron chi connectivity index (χ4n) is 2.78. The molecule has 2 rings (SSSR count). The molecule has 3 N–H and O–H groups in total. The van der Waals surface area contributed by atoms with Crippen molar-refractivity contribution in [2.75, 3.05) is 11.9 Å². The molecule has 1 aliphatic rings. The van der Waals surface area contributed by atoms with Crippen LogP contribution in [0.15, 0.2) is 24.3 Å². The van der Waals surface area contributed by atoms with Crippen molar-refractivity contribution >= 4 is 23.5 Å². The number of hydrogen-bond acceptors (Lipinski definition) is 4. The summed E-state index contributed by atoms with van der Waals surface area (Å²) in [7, 11) is 0. The molecule has 0 saturated heterocycles. The standard InChI is InChI=1S/C16H19NO6/c18-14(19)9-23-11-5-3-4-10(8-11)17-15(20)12-6-1-2-7-13(12)16(21)22/h3-5,8,12-13H,1-2,6-7,9H2,(H,17,20)(H,18,19)(H,21,22)/t12-,13-/m0/s1. The van der Waals surface area contributed by atoms with Gasteiger partial charge < -0.3 is 20.3 Å². The third kappa shape index (κ3) is 4.70. The number of carbonyl (C=O) groups excluding carboxylic acids is 1. The fraction of sp³-hybridized carbons (Fsp3) is 0.438. The van der Waals surface area contributed by atoms with E-state index in [0.29, 0.717) is 24.3 Å². The normalized spacial score (nSPS) is 20.5. The molecule has 1 amide bonds. The summed E-state index contributed by atoms with van der Waals surface area (Å²) >= 11 is 0. The largest absolute Gasteiger partial charge is 0.482 e. The molecule has 1 fully saturated rings. The van der Waals surface area contributed by atoms with E-state index in [1.165, 1.54) is 6.07 Å². The zero-order valence-electron chi connectivity index (χ0n) is 12.5. The number of benzene rings is 1. The van der Waals surface area contributed by atoms with Crippen molar-refractivity contribution in [1.82, 2.24) is 0 Å². The van der Waals surface area contributed by atoms with Gasteiger partial charge in [-0.05, 0) is 25.0 Å². The molecule has 0 aliphatic heterocycles. The molecule has 1 aliphatic carbocycles. The third-order valence-electron chi connectivity index (χ3n) is 3.88. The van der Waals surface area contributed by atoms with Crippen molar-refractivity contribution in [2.24, 2.45) is 11.8 Å². The van der Waals surface area contributed by atoms with Gasteiger partial charge in [0.2, 0.25) is 5.91 Å². The quantitative estimate of drug-likeness (QED) is 0.738. The number of nitrogens with one attached hydrogen (secondary N) is 1. The minimum Gasteiger partial charge on any atom is -0.482 e. The van der Waals surface area contributed by atoms with Crippen LogP contribution in [0.5, 0.6) is 5.75 Å². The summed E-state index contributed by atoms with van der Waals surface area (Å²) in [5.74, 6) is -3.24. The van der Waals surface area contributed by atoms with E-state index in [0.717, 1.165) is 12.8 Å². The van der Waals surface area contributed by atoms with Crippen molar-refractivity contribution < 1.29 is 29.3 Å². The molecule has 0 heterocycles. The van der Waals surface area contributed by atoms with E-state index in [9.17, 15) is 19.5 Å². The van der Waals surface area contributed by atoms with Gasteiger partial charge in [0.15, 0.2) is 6.61 Å². The van der Waals surface area contributed by atoms with Crippen molar-refractivity contribution in [3.8, 4) is 5.75 Å². The van der Waals surface area contributed by atoms with Gasteiger partial charge in [-0.2, -0.15) is 0 Å². The van der Waals surface area contributed by atoms with E-state index >= 15 is 0 Å². The van der Waals surface area contributed by atoms with Crippen LogP contribution in [0, 0.1) is 11.8 Å². The second-order valence-electron chi connectivity index (χ2n) is 5.54. The second kappa shape index (κ2) is 7.62. The zero-order chi connectivity index (χ0) is 16.8. The van der Waals surface area contributed by atoms with E-state index in [-0.39, 0.29) is 5.91 Å². The minimum absolute atomic E-state index is 0.323. The molecule has 0 aromatic heterocycles. The first-order chi connectivity index (χ1) is 11.0. The first kappa shape index (κ1) is 16.8. The van der Waals surface area contributed by atoms with Crippen LogP contribution in [-0.4, -0.2) is 34.7 Å². The molecule has 0 radical (unpaired) electrons. The van der Waals surface area contributed by atoms with Crippen molar-refractivity contribution in [2.45, 2.75) is 25.7 Å². The molecule has 0 unspecified atom stereocenters. The molecule has 7 nitrogen and oxygen atoms in total. The third-order valence-corrected chi connectivity index (χ3v) is 3.88. The number of hydrogen-bond donors (Lipinski definition) is 3. The van der Waals surface area contributed by atoms with Crippen molar-refractivity contribution in [3.05, 3.63) is 24.3 Å². The van der Waals surface area contributed by atoms with Gasteiger partial charge in [0.1, 0.15) is 5.75 Å². The van der Waals surface area contributed by atoms with Gasteiger partial charge in [0.25, 0.3) is 0 Å². The number of anilines is 1. The predicted molar refractivity (Wildman–Crippen MR) is 81.3 cm³/mol. The van der Waals surface area contributed by atoms with E-state index in [4.69, 9.17) is 9.84 Å². The lowest BCUT2D eigenvalue weighted by atomic mass is 9.78. The molecule has 1 saturated carbocycles. The zero-order valence-corrected chi connectivity index (χ0v) is 12.5. The molecular formula is C16H19NO6. The number of amides is 1. The SMILES string of the molecule is O=C(O)COc1cccc(NC(=O)[C@H]2CCCC[C@@H]2C(=O)O)c1. The molecule has 0 bridgehead atoms. The van der Waals surface area contributed by atoms with Gasteiger partial charge in [-0.3, -0.25) is 9.59 Å². The van der Waals surface area contributed by atoms with Crippen molar-refractivity contribution in [3.63, 3.8) is 0 Å². The average molecular weight is 321 g/mol. The van der Waals surface area contributed by atoms with Gasteiger partial charge in [0.05, 0.1) is 11.8 Å². The van der Waals surface area contributed by atoms with E-state index in [1.807, 2.05) is 0 Å². The second-order valence-corrected chi connectivity index (χ2v) is 5.54. The molecule has 1 aromatic rings. The Morgan fingerprint density at radius 2 is 1.83 bits per heavy atom. The van der Waals surface area contributed by atoms with Crippen LogP contribution in [0.1, 0.15) is 25.7 Å². The number of carboxylic acid groups (broad SMARTS) is 2. The highest BCUT2D eigenvalue weighted by atomic mass is 16.5. The lowest BCUT2D eigenvalue weighted by Crippen LogP contribution is -2.36. The number of rotatable bonds is 6. The van der Waals surface area contributed by atoms with Gasteiger partial charge in [-0.15, -0.1) is 0 Å². The maximum atomic E-state index is 12.4.